The van der Waals surface area contributed by atoms with Crippen molar-refractivity contribution < 1.29 is 27.5 Å². The van der Waals surface area contributed by atoms with Crippen molar-refractivity contribution in [2.45, 2.75) is 75.9 Å². The van der Waals surface area contributed by atoms with E-state index in [1.165, 1.54) is 11.1 Å². The normalized spacial score (nSPS) is 32.1. The van der Waals surface area contributed by atoms with Gasteiger partial charge < -0.3 is 19.3 Å². The van der Waals surface area contributed by atoms with Gasteiger partial charge in [0, 0.05) is 48.1 Å². The number of morpholine rings is 1. The van der Waals surface area contributed by atoms with E-state index in [1.807, 2.05) is 24.0 Å². The summed E-state index contributed by atoms with van der Waals surface area (Å²) in [4.78, 5) is 32.1. The van der Waals surface area contributed by atoms with Crippen LogP contribution in [0.1, 0.15) is 80.3 Å². The molecule has 2 bridgehead atoms. The van der Waals surface area contributed by atoms with Crippen molar-refractivity contribution in [2.24, 2.45) is 23.7 Å². The molecule has 2 fully saturated rings. The molecule has 260 valence electrons. The quantitative estimate of drug-likeness (QED) is 0.415. The second-order valence-electron chi connectivity index (χ2n) is 14.9. The Labute approximate surface area is 289 Å². The monoisotopic (exact) mass is 697 g/mol. The Hall–Kier alpha value is -2.82. The van der Waals surface area contributed by atoms with Gasteiger partial charge in [0.05, 0.1) is 30.8 Å². The van der Waals surface area contributed by atoms with Gasteiger partial charge in [0.1, 0.15) is 5.75 Å². The number of sulfonamides is 1. The van der Waals surface area contributed by atoms with Crippen LogP contribution in [0.5, 0.6) is 5.75 Å². The molecule has 3 aliphatic heterocycles. The molecule has 5 aliphatic rings. The number of halogens is 1. The molecule has 2 amide bonds. The molecule has 7 rings (SSSR count). The highest BCUT2D eigenvalue weighted by Crippen LogP contribution is 2.48. The maximum absolute atomic E-state index is 14.2. The van der Waals surface area contributed by atoms with E-state index in [-0.39, 0.29) is 34.6 Å². The minimum Gasteiger partial charge on any atom is -0.490 e. The fourth-order valence-electron chi connectivity index (χ4n) is 8.91. The van der Waals surface area contributed by atoms with Crippen LogP contribution in [0, 0.1) is 23.7 Å². The lowest BCUT2D eigenvalue weighted by Gasteiger charge is -2.47. The number of carbonyl (C=O) groups excluding carboxylic acids is 2. The fourth-order valence-corrected chi connectivity index (χ4v) is 10.4. The summed E-state index contributed by atoms with van der Waals surface area (Å²) in [6.07, 6.45) is 7.12. The topological polar surface area (TPSA) is 105 Å². The van der Waals surface area contributed by atoms with E-state index in [0.717, 1.165) is 62.2 Å². The molecule has 2 aliphatic carbocycles. The number of hydrogen-bond donors (Lipinski definition) is 1. The van der Waals surface area contributed by atoms with Crippen LogP contribution in [0.2, 0.25) is 5.02 Å². The first-order chi connectivity index (χ1) is 23.0. The first kappa shape index (κ1) is 33.7. The van der Waals surface area contributed by atoms with E-state index < -0.39 is 21.2 Å². The van der Waals surface area contributed by atoms with E-state index in [1.54, 1.807) is 19.1 Å². The van der Waals surface area contributed by atoms with Crippen LogP contribution in [0.15, 0.2) is 36.4 Å². The van der Waals surface area contributed by atoms with Crippen LogP contribution in [0.3, 0.4) is 0 Å². The minimum atomic E-state index is -3.94. The standard InChI is InChI=1S/C37H48ClN3O6S/c1-24-5-3-7-31(36(43)40-15-17-46-18-16-40)30-11-8-28(30)21-41-22-37(14-4-6-26-19-29(38)10-12-32(26)37)23-47-34-13-9-27(20-33(34)41)35(42)39-48(44,45)25(24)2/h9-10,12-13,19-20,24-25,28,30-31H,3-8,11,14-18,21-23H2,1-2H3,(H,39,42)/t24?,25-,28?,30?,31-,37+/m1/s1. The first-order valence-corrected chi connectivity index (χ1v) is 19.7. The van der Waals surface area contributed by atoms with Crippen molar-refractivity contribution in [1.29, 1.82) is 0 Å². The van der Waals surface area contributed by atoms with Gasteiger partial charge in [0.2, 0.25) is 15.9 Å². The Kier molecular flexibility index (Phi) is 9.45. The molecule has 1 spiro atoms. The van der Waals surface area contributed by atoms with E-state index in [9.17, 15) is 18.0 Å². The summed E-state index contributed by atoms with van der Waals surface area (Å²) in [5, 5.41) is -0.0316. The third kappa shape index (κ3) is 6.44. The average molecular weight is 698 g/mol. The lowest BCUT2D eigenvalue weighted by atomic mass is 9.64. The molecule has 0 aromatic heterocycles. The number of rotatable bonds is 1. The second-order valence-corrected chi connectivity index (χ2v) is 17.4. The third-order valence-electron chi connectivity index (χ3n) is 12.1. The largest absolute Gasteiger partial charge is 0.490 e. The molecule has 2 aromatic rings. The smallest absolute Gasteiger partial charge is 0.264 e. The summed E-state index contributed by atoms with van der Waals surface area (Å²) in [7, 11) is -3.94. The number of carbonyl (C=O) groups is 2. The number of benzene rings is 2. The maximum atomic E-state index is 14.2. The molecule has 1 N–H and O–H groups in total. The van der Waals surface area contributed by atoms with Crippen molar-refractivity contribution in [3.63, 3.8) is 0 Å². The SMILES string of the molecule is CC1CCC[C@@H](C(=O)N2CCOCC2)C2CCC2CN2C[C@@]3(CCCc4cc(Cl)ccc43)COc3ccc(cc32)C(=O)NS(=O)(=O)[C@@H]1C. The molecular weight excluding hydrogens is 650 g/mol. The Morgan fingerprint density at radius 2 is 1.83 bits per heavy atom. The second kappa shape index (κ2) is 13.5. The van der Waals surface area contributed by atoms with Crippen LogP contribution >= 0.6 is 11.6 Å². The minimum absolute atomic E-state index is 0.117. The number of hydrogen-bond acceptors (Lipinski definition) is 7. The fraction of sp³-hybridized carbons (Fsp3) is 0.622. The molecule has 9 nitrogen and oxygen atoms in total. The van der Waals surface area contributed by atoms with Gasteiger partial charge in [-0.15, -0.1) is 0 Å². The molecule has 6 atom stereocenters. The van der Waals surface area contributed by atoms with Gasteiger partial charge >= 0.3 is 0 Å². The summed E-state index contributed by atoms with van der Waals surface area (Å²) >= 11 is 6.45. The predicted octanol–water partition coefficient (Wildman–Crippen LogP) is 5.58. The zero-order valence-electron chi connectivity index (χ0n) is 28.1. The van der Waals surface area contributed by atoms with Gasteiger partial charge in [-0.2, -0.15) is 0 Å². The lowest BCUT2D eigenvalue weighted by molar-refractivity contribution is -0.144. The van der Waals surface area contributed by atoms with Crippen molar-refractivity contribution in [2.75, 3.05) is 50.9 Å². The van der Waals surface area contributed by atoms with Gasteiger partial charge in [0.25, 0.3) is 5.91 Å². The Balaban J connectivity index is 1.29. The first-order valence-electron chi connectivity index (χ1n) is 17.8. The van der Waals surface area contributed by atoms with Gasteiger partial charge in [-0.25, -0.2) is 13.1 Å². The summed E-state index contributed by atoms with van der Waals surface area (Å²) < 4.78 is 41.4. The van der Waals surface area contributed by atoms with Crippen LogP contribution in [0.4, 0.5) is 5.69 Å². The summed E-state index contributed by atoms with van der Waals surface area (Å²) in [5.74, 6) is 0.515. The molecule has 3 heterocycles. The van der Waals surface area contributed by atoms with Crippen LogP contribution in [0.25, 0.3) is 0 Å². The van der Waals surface area contributed by atoms with Gasteiger partial charge in [-0.3, -0.25) is 9.59 Å². The third-order valence-corrected chi connectivity index (χ3v) is 14.2. The van der Waals surface area contributed by atoms with Crippen molar-refractivity contribution in [3.8, 4) is 5.75 Å². The maximum Gasteiger partial charge on any atom is 0.264 e. The molecule has 3 unspecified atom stereocenters. The molecule has 2 aromatic carbocycles. The molecule has 0 radical (unpaired) electrons. The van der Waals surface area contributed by atoms with E-state index in [0.29, 0.717) is 57.5 Å². The molecule has 1 saturated heterocycles. The Bertz CT molecular complexity index is 1660. The van der Waals surface area contributed by atoms with Gasteiger partial charge in [0.15, 0.2) is 0 Å². The molecule has 11 heteroatoms. The summed E-state index contributed by atoms with van der Waals surface area (Å²) in [6.45, 7) is 7.86. The zero-order valence-corrected chi connectivity index (χ0v) is 29.7. The summed E-state index contributed by atoms with van der Waals surface area (Å²) in [5.41, 5.74) is 3.32. The highest BCUT2D eigenvalue weighted by Gasteiger charge is 2.46. The highest BCUT2D eigenvalue weighted by atomic mass is 35.5. The van der Waals surface area contributed by atoms with Crippen molar-refractivity contribution in [1.82, 2.24) is 9.62 Å². The van der Waals surface area contributed by atoms with Crippen LogP contribution in [-0.4, -0.2) is 76.4 Å². The number of fused-ring (bicyclic) bond motifs is 4. The number of aryl methyl sites for hydroxylation is 1. The average Bonchev–Trinajstić information content (AvgIpc) is 3.21. The predicted molar refractivity (Wildman–Crippen MR) is 186 cm³/mol. The van der Waals surface area contributed by atoms with E-state index in [2.05, 4.69) is 21.8 Å². The van der Waals surface area contributed by atoms with E-state index in [4.69, 9.17) is 21.1 Å². The van der Waals surface area contributed by atoms with Crippen LogP contribution < -0.4 is 14.4 Å². The highest BCUT2D eigenvalue weighted by molar-refractivity contribution is 7.90. The Morgan fingerprint density at radius 1 is 1.02 bits per heavy atom. The molecule has 1 saturated carbocycles. The summed E-state index contributed by atoms with van der Waals surface area (Å²) in [6, 6.07) is 11.5. The van der Waals surface area contributed by atoms with E-state index >= 15 is 0 Å². The molecular formula is C37H48ClN3O6S. The van der Waals surface area contributed by atoms with Crippen molar-refractivity contribution in [3.05, 3.63) is 58.1 Å². The Morgan fingerprint density at radius 3 is 2.60 bits per heavy atom. The lowest BCUT2D eigenvalue weighted by Crippen LogP contribution is -2.51. The number of anilines is 1. The number of amides is 2. The number of nitrogens with zero attached hydrogens (tertiary/aromatic N) is 2. The van der Waals surface area contributed by atoms with Gasteiger partial charge in [-0.05, 0) is 111 Å². The number of nitrogens with one attached hydrogen (secondary N) is 1. The zero-order chi connectivity index (χ0) is 33.6. The van der Waals surface area contributed by atoms with Crippen LogP contribution in [-0.2, 0) is 31.4 Å². The molecule has 48 heavy (non-hydrogen) atoms. The number of ether oxygens (including phenoxy) is 2. The van der Waals surface area contributed by atoms with Gasteiger partial charge in [-0.1, -0.05) is 31.0 Å². The van der Waals surface area contributed by atoms with Crippen molar-refractivity contribution >= 4 is 39.1 Å².